The SMILES string of the molecule is COc1cc(-c2cnc3cc(C4CCCN4C(C)=O)ccn23)cc(OC(F)F)c1C(=O)NC1CC1. The summed E-state index contributed by atoms with van der Waals surface area (Å²) in [6.45, 7) is -0.799. The van der Waals surface area contributed by atoms with E-state index in [0.29, 0.717) is 16.9 Å². The summed E-state index contributed by atoms with van der Waals surface area (Å²) in [4.78, 5) is 31.1. The lowest BCUT2D eigenvalue weighted by atomic mass is 10.0. The molecule has 2 aliphatic rings. The van der Waals surface area contributed by atoms with Gasteiger partial charge in [0.2, 0.25) is 5.91 Å². The third-order valence-electron chi connectivity index (χ3n) is 6.52. The van der Waals surface area contributed by atoms with E-state index in [-0.39, 0.29) is 35.1 Å². The van der Waals surface area contributed by atoms with E-state index < -0.39 is 12.5 Å². The second kappa shape index (κ2) is 9.16. The van der Waals surface area contributed by atoms with Gasteiger partial charge >= 0.3 is 6.61 Å². The van der Waals surface area contributed by atoms with Crippen molar-refractivity contribution in [1.82, 2.24) is 19.6 Å². The highest BCUT2D eigenvalue weighted by atomic mass is 19.3. The van der Waals surface area contributed by atoms with Crippen molar-refractivity contribution in [2.24, 2.45) is 0 Å². The monoisotopic (exact) mass is 484 g/mol. The van der Waals surface area contributed by atoms with Gasteiger partial charge in [-0.25, -0.2) is 4.98 Å². The fourth-order valence-electron chi connectivity index (χ4n) is 4.70. The van der Waals surface area contributed by atoms with Gasteiger partial charge in [0.1, 0.15) is 22.7 Å². The average Bonchev–Trinajstić information content (AvgIpc) is 3.32. The van der Waals surface area contributed by atoms with Gasteiger partial charge in [0.15, 0.2) is 0 Å². The van der Waals surface area contributed by atoms with Crippen LogP contribution in [0.25, 0.3) is 16.9 Å². The number of fused-ring (bicyclic) bond motifs is 1. The molecule has 1 N–H and O–H groups in total. The molecular weight excluding hydrogens is 458 g/mol. The highest BCUT2D eigenvalue weighted by Gasteiger charge is 2.30. The minimum absolute atomic E-state index is 0.00746. The Morgan fingerprint density at radius 2 is 1.94 bits per heavy atom. The van der Waals surface area contributed by atoms with E-state index >= 15 is 0 Å². The summed E-state index contributed by atoms with van der Waals surface area (Å²) in [6.07, 6.45) is 7.01. The smallest absolute Gasteiger partial charge is 0.387 e. The number of hydrogen-bond donors (Lipinski definition) is 1. The minimum atomic E-state index is -3.11. The molecule has 10 heteroatoms. The first kappa shape index (κ1) is 23.1. The Morgan fingerprint density at radius 1 is 1.17 bits per heavy atom. The van der Waals surface area contributed by atoms with E-state index in [0.717, 1.165) is 37.8 Å². The van der Waals surface area contributed by atoms with Crippen molar-refractivity contribution in [3.8, 4) is 22.8 Å². The Labute approximate surface area is 200 Å². The molecule has 5 rings (SSSR count). The molecule has 1 saturated heterocycles. The van der Waals surface area contributed by atoms with Crippen LogP contribution in [0.1, 0.15) is 54.6 Å². The average molecular weight is 485 g/mol. The number of aromatic nitrogens is 2. The molecule has 1 aliphatic carbocycles. The highest BCUT2D eigenvalue weighted by Crippen LogP contribution is 2.38. The molecular formula is C25H26F2N4O4. The Bertz CT molecular complexity index is 1290. The fourth-order valence-corrected chi connectivity index (χ4v) is 4.70. The summed E-state index contributed by atoms with van der Waals surface area (Å²) in [7, 11) is 1.38. The molecule has 2 fully saturated rings. The number of methoxy groups -OCH3 is 1. The van der Waals surface area contributed by atoms with Gasteiger partial charge in [0.05, 0.1) is 25.0 Å². The largest absolute Gasteiger partial charge is 0.496 e. The third-order valence-corrected chi connectivity index (χ3v) is 6.52. The number of amides is 2. The molecule has 8 nitrogen and oxygen atoms in total. The van der Waals surface area contributed by atoms with Crippen LogP contribution < -0.4 is 14.8 Å². The maximum Gasteiger partial charge on any atom is 0.387 e. The number of ether oxygens (including phenoxy) is 2. The maximum absolute atomic E-state index is 13.2. The van der Waals surface area contributed by atoms with Crippen LogP contribution in [-0.2, 0) is 4.79 Å². The zero-order valence-electron chi connectivity index (χ0n) is 19.5. The molecule has 1 unspecified atom stereocenters. The molecule has 3 aromatic rings. The summed E-state index contributed by atoms with van der Waals surface area (Å²) in [6, 6.07) is 6.94. The molecule has 0 radical (unpaired) electrons. The Hall–Kier alpha value is -3.69. The van der Waals surface area contributed by atoms with Gasteiger partial charge in [-0.1, -0.05) is 0 Å². The van der Waals surface area contributed by atoms with Crippen LogP contribution in [0.4, 0.5) is 8.78 Å². The van der Waals surface area contributed by atoms with E-state index in [1.54, 1.807) is 19.2 Å². The molecule has 0 bridgehead atoms. The molecule has 2 aromatic heterocycles. The molecule has 1 aromatic carbocycles. The van der Waals surface area contributed by atoms with Gasteiger partial charge in [-0.3, -0.25) is 14.0 Å². The molecule has 1 aliphatic heterocycles. The Balaban J connectivity index is 1.54. The second-order valence-corrected chi connectivity index (χ2v) is 8.88. The van der Waals surface area contributed by atoms with Crippen molar-refractivity contribution in [2.75, 3.05) is 13.7 Å². The molecule has 1 saturated carbocycles. The number of carbonyl (C=O) groups excluding carboxylic acids is 2. The van der Waals surface area contributed by atoms with Crippen molar-refractivity contribution in [3.63, 3.8) is 0 Å². The number of alkyl halides is 2. The number of imidazole rings is 1. The van der Waals surface area contributed by atoms with Crippen LogP contribution in [-0.4, -0.2) is 52.4 Å². The maximum atomic E-state index is 13.2. The minimum Gasteiger partial charge on any atom is -0.496 e. The van der Waals surface area contributed by atoms with E-state index in [2.05, 4.69) is 10.3 Å². The van der Waals surface area contributed by atoms with Gasteiger partial charge in [0.25, 0.3) is 5.91 Å². The van der Waals surface area contributed by atoms with Crippen LogP contribution in [0.15, 0.2) is 36.7 Å². The van der Waals surface area contributed by atoms with Crippen molar-refractivity contribution in [1.29, 1.82) is 0 Å². The number of benzene rings is 1. The van der Waals surface area contributed by atoms with Gasteiger partial charge in [0, 0.05) is 31.3 Å². The number of nitrogens with one attached hydrogen (secondary N) is 1. The predicted molar refractivity (Wildman–Crippen MR) is 124 cm³/mol. The van der Waals surface area contributed by atoms with E-state index in [1.165, 1.54) is 13.2 Å². The molecule has 0 spiro atoms. The lowest BCUT2D eigenvalue weighted by molar-refractivity contribution is -0.129. The number of rotatable bonds is 7. The predicted octanol–water partition coefficient (Wildman–Crippen LogP) is 4.19. The highest BCUT2D eigenvalue weighted by molar-refractivity contribution is 6.01. The first-order valence-electron chi connectivity index (χ1n) is 11.6. The van der Waals surface area contributed by atoms with E-state index in [9.17, 15) is 18.4 Å². The number of nitrogens with zero attached hydrogens (tertiary/aromatic N) is 3. The van der Waals surface area contributed by atoms with Gasteiger partial charge in [-0.05, 0) is 55.5 Å². The summed E-state index contributed by atoms with van der Waals surface area (Å²) in [5.74, 6) is -0.602. The molecule has 3 heterocycles. The Morgan fingerprint density at radius 3 is 2.63 bits per heavy atom. The molecule has 2 amide bonds. The number of pyridine rings is 1. The zero-order valence-corrected chi connectivity index (χ0v) is 19.5. The van der Waals surface area contributed by atoms with Crippen molar-refractivity contribution < 1.29 is 27.8 Å². The third kappa shape index (κ3) is 4.52. The zero-order chi connectivity index (χ0) is 24.7. The number of halogens is 2. The normalized spacial score (nSPS) is 17.7. The first-order chi connectivity index (χ1) is 16.9. The Kier molecular flexibility index (Phi) is 6.04. The quantitative estimate of drug-likeness (QED) is 0.544. The second-order valence-electron chi connectivity index (χ2n) is 8.88. The lowest BCUT2D eigenvalue weighted by Gasteiger charge is -2.23. The summed E-state index contributed by atoms with van der Waals surface area (Å²) < 4.78 is 38.5. The fraction of sp³-hybridized carbons (Fsp3) is 0.400. The van der Waals surface area contributed by atoms with Crippen molar-refractivity contribution in [3.05, 3.63) is 47.8 Å². The molecule has 35 heavy (non-hydrogen) atoms. The number of likely N-dealkylation sites (tertiary alicyclic amines) is 1. The summed E-state index contributed by atoms with van der Waals surface area (Å²) >= 11 is 0. The van der Waals surface area contributed by atoms with Crippen LogP contribution in [0.5, 0.6) is 11.5 Å². The van der Waals surface area contributed by atoms with Crippen LogP contribution in [0.3, 0.4) is 0 Å². The molecule has 1 atom stereocenters. The number of carbonyl (C=O) groups is 2. The van der Waals surface area contributed by atoms with Gasteiger partial charge in [-0.2, -0.15) is 8.78 Å². The first-order valence-corrected chi connectivity index (χ1v) is 11.6. The topological polar surface area (TPSA) is 85.2 Å². The van der Waals surface area contributed by atoms with Gasteiger partial charge < -0.3 is 19.7 Å². The standard InChI is InChI=1S/C25H26F2N4O4/c1-14(32)30-8-3-4-18(30)15-7-9-31-19(13-28-22(31)12-15)16-10-20(34-2)23(21(11-16)35-25(26)27)24(33)29-17-5-6-17/h7,9-13,17-18,25H,3-6,8H2,1-2H3,(H,29,33). The van der Waals surface area contributed by atoms with Crippen LogP contribution >= 0.6 is 0 Å². The van der Waals surface area contributed by atoms with Crippen molar-refractivity contribution >= 4 is 17.5 Å². The van der Waals surface area contributed by atoms with Crippen LogP contribution in [0.2, 0.25) is 0 Å². The van der Waals surface area contributed by atoms with Gasteiger partial charge in [-0.15, -0.1) is 0 Å². The summed E-state index contributed by atoms with van der Waals surface area (Å²) in [5, 5.41) is 2.80. The van der Waals surface area contributed by atoms with Crippen molar-refractivity contribution in [2.45, 2.75) is 51.3 Å². The lowest BCUT2D eigenvalue weighted by Crippen LogP contribution is -2.28. The van der Waals surface area contributed by atoms with E-state index in [4.69, 9.17) is 9.47 Å². The van der Waals surface area contributed by atoms with E-state index in [1.807, 2.05) is 27.6 Å². The van der Waals surface area contributed by atoms with Crippen LogP contribution in [0, 0.1) is 0 Å². The summed E-state index contributed by atoms with van der Waals surface area (Å²) in [5.41, 5.74) is 2.71. The number of hydrogen-bond acceptors (Lipinski definition) is 5. The molecule has 184 valence electrons.